The summed E-state index contributed by atoms with van der Waals surface area (Å²) < 4.78 is 0. The molecule has 0 atom stereocenters. The van der Waals surface area contributed by atoms with Crippen LogP contribution in [0.1, 0.15) is 90.4 Å². The topological polar surface area (TPSA) is 78.6 Å². The SMILES string of the molecule is CCCCCCCCCCCCCCNC(=O)CCN(CCN)CCO. The zero-order chi connectivity index (χ0) is 19.3. The van der Waals surface area contributed by atoms with Gasteiger partial charge in [0.1, 0.15) is 0 Å². The van der Waals surface area contributed by atoms with E-state index >= 15 is 0 Å². The Kier molecular flexibility index (Phi) is 20.1. The molecule has 0 fully saturated rings. The van der Waals surface area contributed by atoms with E-state index < -0.39 is 0 Å². The smallest absolute Gasteiger partial charge is 0.221 e. The number of hydrogen-bond donors (Lipinski definition) is 3. The van der Waals surface area contributed by atoms with Crippen molar-refractivity contribution in [2.75, 3.05) is 39.3 Å². The van der Waals surface area contributed by atoms with Crippen molar-refractivity contribution in [3.05, 3.63) is 0 Å². The van der Waals surface area contributed by atoms with Crippen LogP contribution in [-0.4, -0.2) is 55.2 Å². The first-order valence-electron chi connectivity index (χ1n) is 11.0. The number of amides is 1. The van der Waals surface area contributed by atoms with Gasteiger partial charge in [-0.3, -0.25) is 9.69 Å². The maximum atomic E-state index is 11.8. The van der Waals surface area contributed by atoms with Crippen molar-refractivity contribution in [2.24, 2.45) is 5.73 Å². The highest BCUT2D eigenvalue weighted by atomic mass is 16.3. The van der Waals surface area contributed by atoms with Crippen LogP contribution in [0.25, 0.3) is 0 Å². The van der Waals surface area contributed by atoms with E-state index in [-0.39, 0.29) is 12.5 Å². The molecule has 0 aliphatic heterocycles. The highest BCUT2D eigenvalue weighted by molar-refractivity contribution is 5.75. The van der Waals surface area contributed by atoms with E-state index in [1.165, 1.54) is 70.6 Å². The quantitative estimate of drug-likeness (QED) is 0.286. The predicted molar refractivity (Wildman–Crippen MR) is 111 cm³/mol. The van der Waals surface area contributed by atoms with Crippen LogP contribution in [0, 0.1) is 0 Å². The van der Waals surface area contributed by atoms with Crippen LogP contribution in [0.5, 0.6) is 0 Å². The van der Waals surface area contributed by atoms with Crippen LogP contribution in [0.2, 0.25) is 0 Å². The van der Waals surface area contributed by atoms with Gasteiger partial charge in [-0.05, 0) is 6.42 Å². The molecule has 0 rings (SSSR count). The molecule has 0 spiro atoms. The molecule has 5 heteroatoms. The Morgan fingerprint density at radius 1 is 0.846 bits per heavy atom. The van der Waals surface area contributed by atoms with E-state index in [4.69, 9.17) is 10.8 Å². The summed E-state index contributed by atoms with van der Waals surface area (Å²) in [7, 11) is 0. The first-order valence-corrected chi connectivity index (χ1v) is 11.0. The van der Waals surface area contributed by atoms with Gasteiger partial charge >= 0.3 is 0 Å². The molecule has 0 aliphatic carbocycles. The van der Waals surface area contributed by atoms with Crippen LogP contribution in [0.4, 0.5) is 0 Å². The molecule has 0 aromatic rings. The summed E-state index contributed by atoms with van der Waals surface area (Å²) in [6.45, 7) is 5.70. The monoisotopic (exact) mass is 371 g/mol. The third-order valence-corrected chi connectivity index (χ3v) is 4.87. The van der Waals surface area contributed by atoms with Gasteiger partial charge in [0.25, 0.3) is 0 Å². The predicted octanol–water partition coefficient (Wildman–Crippen LogP) is 3.45. The van der Waals surface area contributed by atoms with Crippen molar-refractivity contribution in [3.63, 3.8) is 0 Å². The lowest BCUT2D eigenvalue weighted by atomic mass is 10.1. The van der Waals surface area contributed by atoms with Gasteiger partial charge in [-0.15, -0.1) is 0 Å². The van der Waals surface area contributed by atoms with E-state index in [1.807, 2.05) is 4.90 Å². The van der Waals surface area contributed by atoms with Crippen molar-refractivity contribution < 1.29 is 9.90 Å². The van der Waals surface area contributed by atoms with Gasteiger partial charge in [-0.25, -0.2) is 0 Å². The second-order valence-corrected chi connectivity index (χ2v) is 7.34. The number of carbonyl (C=O) groups excluding carboxylic acids is 1. The number of nitrogens with two attached hydrogens (primary N) is 1. The molecule has 0 radical (unpaired) electrons. The van der Waals surface area contributed by atoms with E-state index in [2.05, 4.69) is 12.2 Å². The van der Waals surface area contributed by atoms with Crippen LogP contribution in [0.15, 0.2) is 0 Å². The number of aliphatic hydroxyl groups is 1. The van der Waals surface area contributed by atoms with E-state index in [1.54, 1.807) is 0 Å². The standard InChI is InChI=1S/C21H45N3O2/c1-2-3-4-5-6-7-8-9-10-11-12-13-16-23-21(26)14-17-24(18-15-22)19-20-25/h25H,2-20,22H2,1H3,(H,23,26). The van der Waals surface area contributed by atoms with Gasteiger partial charge in [-0.2, -0.15) is 0 Å². The summed E-state index contributed by atoms with van der Waals surface area (Å²) in [5.41, 5.74) is 5.53. The molecule has 26 heavy (non-hydrogen) atoms. The zero-order valence-electron chi connectivity index (χ0n) is 17.3. The minimum Gasteiger partial charge on any atom is -0.395 e. The molecule has 4 N–H and O–H groups in total. The second-order valence-electron chi connectivity index (χ2n) is 7.34. The van der Waals surface area contributed by atoms with E-state index in [9.17, 15) is 4.79 Å². The zero-order valence-corrected chi connectivity index (χ0v) is 17.3. The van der Waals surface area contributed by atoms with Crippen molar-refractivity contribution >= 4 is 5.91 Å². The number of nitrogens with one attached hydrogen (secondary N) is 1. The number of unbranched alkanes of at least 4 members (excludes halogenated alkanes) is 11. The number of aliphatic hydroxyl groups excluding tert-OH is 1. The Morgan fingerprint density at radius 2 is 1.38 bits per heavy atom. The fourth-order valence-corrected chi connectivity index (χ4v) is 3.20. The number of carbonyl (C=O) groups is 1. The molecular formula is C21H45N3O2. The summed E-state index contributed by atoms with van der Waals surface area (Å²) in [5.74, 6) is 0.105. The Hall–Kier alpha value is -0.650. The van der Waals surface area contributed by atoms with Crippen LogP contribution >= 0.6 is 0 Å². The molecule has 0 saturated heterocycles. The van der Waals surface area contributed by atoms with Crippen molar-refractivity contribution in [2.45, 2.75) is 90.4 Å². The molecule has 0 aromatic heterocycles. The van der Waals surface area contributed by atoms with Crippen molar-refractivity contribution in [1.82, 2.24) is 10.2 Å². The second kappa shape index (κ2) is 20.7. The summed E-state index contributed by atoms with van der Waals surface area (Å²) >= 11 is 0. The minimum absolute atomic E-state index is 0.105. The average Bonchev–Trinajstić information content (AvgIpc) is 2.64. The number of nitrogens with zero attached hydrogens (tertiary/aromatic N) is 1. The Bertz CT molecular complexity index is 295. The van der Waals surface area contributed by atoms with E-state index in [0.717, 1.165) is 19.5 Å². The third kappa shape index (κ3) is 18.2. The van der Waals surface area contributed by atoms with Crippen molar-refractivity contribution in [3.8, 4) is 0 Å². The fraction of sp³-hybridized carbons (Fsp3) is 0.952. The highest BCUT2D eigenvalue weighted by Crippen LogP contribution is 2.11. The van der Waals surface area contributed by atoms with Gasteiger partial charge in [-0.1, -0.05) is 77.6 Å². The molecule has 0 heterocycles. The molecule has 1 amide bonds. The van der Waals surface area contributed by atoms with Gasteiger partial charge in [0.2, 0.25) is 5.91 Å². The van der Waals surface area contributed by atoms with Gasteiger partial charge < -0.3 is 16.2 Å². The summed E-state index contributed by atoms with van der Waals surface area (Å²) in [6, 6.07) is 0. The molecule has 156 valence electrons. The Morgan fingerprint density at radius 3 is 1.88 bits per heavy atom. The molecule has 5 nitrogen and oxygen atoms in total. The van der Waals surface area contributed by atoms with Gasteiger partial charge in [0.15, 0.2) is 0 Å². The Labute approximate surface area is 162 Å². The summed E-state index contributed by atoms with van der Waals surface area (Å²) in [5, 5.41) is 12.0. The molecular weight excluding hydrogens is 326 g/mol. The average molecular weight is 372 g/mol. The largest absolute Gasteiger partial charge is 0.395 e. The Balaban J connectivity index is 3.32. The lowest BCUT2D eigenvalue weighted by Gasteiger charge is -2.19. The van der Waals surface area contributed by atoms with Crippen LogP contribution in [-0.2, 0) is 4.79 Å². The third-order valence-electron chi connectivity index (χ3n) is 4.87. The first kappa shape index (κ1) is 25.4. The molecule has 0 unspecified atom stereocenters. The lowest BCUT2D eigenvalue weighted by molar-refractivity contribution is -0.121. The van der Waals surface area contributed by atoms with Gasteiger partial charge in [0, 0.05) is 39.1 Å². The summed E-state index contributed by atoms with van der Waals surface area (Å²) in [6.07, 6.45) is 16.5. The minimum atomic E-state index is 0.105. The molecule has 0 bridgehead atoms. The van der Waals surface area contributed by atoms with E-state index in [0.29, 0.717) is 26.1 Å². The molecule has 0 saturated carbocycles. The fourth-order valence-electron chi connectivity index (χ4n) is 3.20. The first-order chi connectivity index (χ1) is 12.7. The maximum Gasteiger partial charge on any atom is 0.221 e. The lowest BCUT2D eigenvalue weighted by Crippen LogP contribution is -2.36. The molecule has 0 aliphatic rings. The van der Waals surface area contributed by atoms with Gasteiger partial charge in [0.05, 0.1) is 6.61 Å². The summed E-state index contributed by atoms with van der Waals surface area (Å²) in [4.78, 5) is 13.9. The maximum absolute atomic E-state index is 11.8. The van der Waals surface area contributed by atoms with Crippen molar-refractivity contribution in [1.29, 1.82) is 0 Å². The van der Waals surface area contributed by atoms with Crippen LogP contribution in [0.3, 0.4) is 0 Å². The number of rotatable bonds is 20. The number of hydrogen-bond acceptors (Lipinski definition) is 4. The molecule has 0 aromatic carbocycles. The van der Waals surface area contributed by atoms with Crippen LogP contribution < -0.4 is 11.1 Å². The normalized spacial score (nSPS) is 11.2. The highest BCUT2D eigenvalue weighted by Gasteiger charge is 2.06.